The van der Waals surface area contributed by atoms with E-state index in [-0.39, 0.29) is 27.6 Å². The molecule has 0 heterocycles. The van der Waals surface area contributed by atoms with Crippen LogP contribution in [0.2, 0.25) is 5.02 Å². The number of benzene rings is 2. The second-order valence-corrected chi connectivity index (χ2v) is 9.96. The Labute approximate surface area is 170 Å². The maximum Gasteiger partial charge on any atom is 0.261 e. The number of sulfonamides is 1. The van der Waals surface area contributed by atoms with Crippen molar-refractivity contribution in [3.63, 3.8) is 0 Å². The normalized spacial score (nSPS) is 23.6. The summed E-state index contributed by atoms with van der Waals surface area (Å²) in [6, 6.07) is 11.4. The van der Waals surface area contributed by atoms with E-state index in [1.54, 1.807) is 30.3 Å². The molecule has 0 saturated heterocycles. The van der Waals surface area contributed by atoms with Crippen molar-refractivity contribution in [1.82, 2.24) is 5.32 Å². The molecule has 0 radical (unpaired) electrons. The van der Waals surface area contributed by atoms with Crippen LogP contribution < -0.4 is 10.0 Å². The molecule has 28 heavy (non-hydrogen) atoms. The summed E-state index contributed by atoms with van der Waals surface area (Å²) in [6.45, 7) is 1.89. The Bertz CT molecular complexity index is 1000. The van der Waals surface area contributed by atoms with Crippen LogP contribution in [0.4, 0.5) is 5.69 Å². The first kappa shape index (κ1) is 19.3. The van der Waals surface area contributed by atoms with E-state index in [0.29, 0.717) is 11.5 Å². The summed E-state index contributed by atoms with van der Waals surface area (Å²) in [5.74, 6) is 1.18. The van der Waals surface area contributed by atoms with E-state index < -0.39 is 10.0 Å². The molecule has 2 N–H and O–H groups in total. The SMILES string of the molecule is Cc1ccc(S(=O)(=O)Nc2ccc(C(=O)N[C@@H]3C[C@H]4CC[C@@H]3C4)cc2Cl)cc1. The van der Waals surface area contributed by atoms with Crippen LogP contribution in [-0.4, -0.2) is 20.4 Å². The fraction of sp³-hybridized carbons (Fsp3) is 0.381. The molecule has 2 aliphatic carbocycles. The molecule has 0 spiro atoms. The van der Waals surface area contributed by atoms with Crippen LogP contribution in [0.15, 0.2) is 47.4 Å². The number of carbonyl (C=O) groups is 1. The smallest absolute Gasteiger partial charge is 0.261 e. The van der Waals surface area contributed by atoms with E-state index >= 15 is 0 Å². The van der Waals surface area contributed by atoms with Crippen LogP contribution >= 0.6 is 11.6 Å². The molecule has 2 aliphatic rings. The Morgan fingerprint density at radius 2 is 1.82 bits per heavy atom. The van der Waals surface area contributed by atoms with Gasteiger partial charge in [0.25, 0.3) is 15.9 Å². The van der Waals surface area contributed by atoms with Gasteiger partial charge in [-0.2, -0.15) is 0 Å². The Morgan fingerprint density at radius 1 is 1.07 bits per heavy atom. The second kappa shape index (κ2) is 7.41. The number of carbonyl (C=O) groups excluding carboxylic acids is 1. The Morgan fingerprint density at radius 3 is 2.43 bits per heavy atom. The molecular weight excluding hydrogens is 396 g/mol. The van der Waals surface area contributed by atoms with Crippen LogP contribution in [0.5, 0.6) is 0 Å². The topological polar surface area (TPSA) is 75.3 Å². The Balaban J connectivity index is 1.46. The molecule has 4 rings (SSSR count). The van der Waals surface area contributed by atoms with Crippen molar-refractivity contribution < 1.29 is 13.2 Å². The molecule has 2 aromatic rings. The van der Waals surface area contributed by atoms with Crippen molar-refractivity contribution in [1.29, 1.82) is 0 Å². The monoisotopic (exact) mass is 418 g/mol. The van der Waals surface area contributed by atoms with Crippen molar-refractivity contribution in [2.24, 2.45) is 11.8 Å². The van der Waals surface area contributed by atoms with Crippen molar-refractivity contribution in [3.8, 4) is 0 Å². The van der Waals surface area contributed by atoms with Gasteiger partial charge in [-0.3, -0.25) is 9.52 Å². The minimum atomic E-state index is -3.75. The molecule has 2 saturated carbocycles. The van der Waals surface area contributed by atoms with Crippen LogP contribution in [0, 0.1) is 18.8 Å². The first-order chi connectivity index (χ1) is 13.3. The molecule has 148 valence electrons. The molecule has 3 atom stereocenters. The van der Waals surface area contributed by atoms with Gasteiger partial charge in [0, 0.05) is 11.6 Å². The summed E-state index contributed by atoms with van der Waals surface area (Å²) in [5.41, 5.74) is 1.66. The number of anilines is 1. The number of amides is 1. The average Bonchev–Trinajstić information content (AvgIpc) is 3.26. The molecular formula is C21H23ClN2O3S. The highest BCUT2D eigenvalue weighted by molar-refractivity contribution is 7.92. The van der Waals surface area contributed by atoms with Crippen molar-refractivity contribution in [2.45, 2.75) is 43.5 Å². The average molecular weight is 419 g/mol. The number of nitrogens with one attached hydrogen (secondary N) is 2. The van der Waals surface area contributed by atoms with E-state index in [0.717, 1.165) is 17.9 Å². The highest BCUT2D eigenvalue weighted by Gasteiger charge is 2.40. The predicted molar refractivity (Wildman–Crippen MR) is 110 cm³/mol. The highest BCUT2D eigenvalue weighted by atomic mass is 35.5. The third kappa shape index (κ3) is 3.89. The van der Waals surface area contributed by atoms with Crippen LogP contribution in [0.3, 0.4) is 0 Å². The summed E-state index contributed by atoms with van der Waals surface area (Å²) in [5, 5.41) is 3.31. The van der Waals surface area contributed by atoms with Crippen molar-refractivity contribution >= 4 is 33.2 Å². The van der Waals surface area contributed by atoms with E-state index in [1.165, 1.54) is 31.4 Å². The lowest BCUT2D eigenvalue weighted by atomic mass is 9.95. The van der Waals surface area contributed by atoms with E-state index in [4.69, 9.17) is 11.6 Å². The van der Waals surface area contributed by atoms with Gasteiger partial charge in [-0.15, -0.1) is 0 Å². The highest BCUT2D eigenvalue weighted by Crippen LogP contribution is 2.44. The van der Waals surface area contributed by atoms with E-state index in [2.05, 4.69) is 10.0 Å². The summed E-state index contributed by atoms with van der Waals surface area (Å²) in [6.07, 6.45) is 4.73. The van der Waals surface area contributed by atoms with Gasteiger partial charge in [0.05, 0.1) is 15.6 Å². The van der Waals surface area contributed by atoms with Gasteiger partial charge in [-0.25, -0.2) is 8.42 Å². The Kier molecular flexibility index (Phi) is 5.10. The molecule has 1 amide bonds. The summed E-state index contributed by atoms with van der Waals surface area (Å²) in [4.78, 5) is 12.7. The number of halogens is 1. The van der Waals surface area contributed by atoms with Gasteiger partial charge in [0.15, 0.2) is 0 Å². The zero-order valence-electron chi connectivity index (χ0n) is 15.6. The lowest BCUT2D eigenvalue weighted by molar-refractivity contribution is 0.0923. The standard InChI is InChI=1S/C21H23ClN2O3S/c1-13-2-7-17(8-3-13)28(26,27)24-19-9-6-16(12-18(19)22)21(25)23-20-11-14-4-5-15(20)10-14/h2-3,6-9,12,14-15,20,24H,4-5,10-11H2,1H3,(H,23,25)/t14-,15+,20+/m0/s1. The predicted octanol–water partition coefficient (Wildman–Crippen LogP) is 4.37. The summed E-state index contributed by atoms with van der Waals surface area (Å²) in [7, 11) is -3.75. The number of fused-ring (bicyclic) bond motifs is 2. The fourth-order valence-corrected chi connectivity index (χ4v) is 5.70. The third-order valence-electron chi connectivity index (χ3n) is 5.86. The van der Waals surface area contributed by atoms with Crippen LogP contribution in [-0.2, 0) is 10.0 Å². The summed E-state index contributed by atoms with van der Waals surface area (Å²) >= 11 is 6.26. The van der Waals surface area contributed by atoms with Gasteiger partial charge in [-0.1, -0.05) is 35.7 Å². The first-order valence-electron chi connectivity index (χ1n) is 9.52. The van der Waals surface area contributed by atoms with E-state index in [9.17, 15) is 13.2 Å². The molecule has 0 aromatic heterocycles. The zero-order valence-corrected chi connectivity index (χ0v) is 17.2. The number of rotatable bonds is 5. The molecule has 7 heteroatoms. The molecule has 0 unspecified atom stereocenters. The largest absolute Gasteiger partial charge is 0.349 e. The number of hydrogen-bond acceptors (Lipinski definition) is 3. The van der Waals surface area contributed by atoms with Gasteiger partial charge in [0.1, 0.15) is 0 Å². The first-order valence-corrected chi connectivity index (χ1v) is 11.4. The fourth-order valence-electron chi connectivity index (χ4n) is 4.33. The van der Waals surface area contributed by atoms with Gasteiger partial charge >= 0.3 is 0 Å². The zero-order chi connectivity index (χ0) is 19.9. The molecule has 0 aliphatic heterocycles. The summed E-state index contributed by atoms with van der Waals surface area (Å²) < 4.78 is 27.6. The van der Waals surface area contributed by atoms with Crippen LogP contribution in [0.25, 0.3) is 0 Å². The molecule has 5 nitrogen and oxygen atoms in total. The number of aryl methyl sites for hydroxylation is 1. The van der Waals surface area contributed by atoms with Crippen molar-refractivity contribution in [3.05, 3.63) is 58.6 Å². The minimum absolute atomic E-state index is 0.160. The molecule has 2 bridgehead atoms. The molecule has 2 aromatic carbocycles. The molecule has 2 fully saturated rings. The quantitative estimate of drug-likeness (QED) is 0.757. The van der Waals surface area contributed by atoms with Crippen molar-refractivity contribution in [2.75, 3.05) is 4.72 Å². The van der Waals surface area contributed by atoms with Crippen LogP contribution in [0.1, 0.15) is 41.6 Å². The van der Waals surface area contributed by atoms with Gasteiger partial charge < -0.3 is 5.32 Å². The lowest BCUT2D eigenvalue weighted by Gasteiger charge is -2.23. The van der Waals surface area contributed by atoms with E-state index in [1.807, 2.05) is 6.92 Å². The van der Waals surface area contributed by atoms with Gasteiger partial charge in [-0.05, 0) is 68.4 Å². The second-order valence-electron chi connectivity index (χ2n) is 7.87. The minimum Gasteiger partial charge on any atom is -0.349 e. The van der Waals surface area contributed by atoms with Gasteiger partial charge in [0.2, 0.25) is 0 Å². The maximum atomic E-state index is 12.6. The lowest BCUT2D eigenvalue weighted by Crippen LogP contribution is -2.38. The Hall–Kier alpha value is -2.05. The maximum absolute atomic E-state index is 12.6. The number of hydrogen-bond donors (Lipinski definition) is 2. The third-order valence-corrected chi connectivity index (χ3v) is 7.56.